The Labute approximate surface area is 421 Å². The van der Waals surface area contributed by atoms with Crippen LogP contribution in [-0.2, 0) is 30.2 Å². The van der Waals surface area contributed by atoms with Crippen molar-refractivity contribution in [2.24, 2.45) is 16.3 Å². The first kappa shape index (κ1) is 59.6. The average Bonchev–Trinajstić information content (AvgIpc) is 3.77. The molecule has 3 aromatic rings. The number of piperidine rings is 1. The van der Waals surface area contributed by atoms with Gasteiger partial charge in [-0.25, -0.2) is 0 Å². The molecule has 4 N–H and O–H groups in total. The van der Waals surface area contributed by atoms with Gasteiger partial charge in [0.2, 0.25) is 11.8 Å². The van der Waals surface area contributed by atoms with Crippen LogP contribution in [0.2, 0.25) is 0 Å². The minimum Gasteiger partial charge on any atom is -0.508 e. The van der Waals surface area contributed by atoms with Crippen molar-refractivity contribution in [1.82, 2.24) is 20.5 Å². The maximum absolute atomic E-state index is 12.3. The van der Waals surface area contributed by atoms with Gasteiger partial charge in [0.15, 0.2) is 0 Å². The number of benzene rings is 3. The summed E-state index contributed by atoms with van der Waals surface area (Å²) in [6, 6.07) is 24.6. The van der Waals surface area contributed by atoms with Crippen LogP contribution in [0.5, 0.6) is 5.75 Å². The summed E-state index contributed by atoms with van der Waals surface area (Å²) >= 11 is 0. The lowest BCUT2D eigenvalue weighted by Gasteiger charge is -2.34. The lowest BCUT2D eigenvalue weighted by Crippen LogP contribution is -2.37. The predicted octanol–water partition coefficient (Wildman–Crippen LogP) is 10.5. The van der Waals surface area contributed by atoms with E-state index in [0.29, 0.717) is 30.9 Å². The number of para-hydroxylation sites is 1. The number of unbranched alkanes of at least 4 members (excludes halogenated alkanes) is 8. The number of phenols is 1. The molecule has 0 aromatic heterocycles. The second kappa shape index (κ2) is 36.2. The molecule has 0 aliphatic carbocycles. The van der Waals surface area contributed by atoms with Gasteiger partial charge in [0, 0.05) is 83.5 Å². The number of aldehydes is 1. The van der Waals surface area contributed by atoms with Crippen LogP contribution in [0.25, 0.3) is 0 Å². The van der Waals surface area contributed by atoms with E-state index in [1.54, 1.807) is 25.5 Å². The number of fused-ring (bicyclic) bond motifs is 5. The minimum atomic E-state index is -0.870. The number of aryl methyl sites for hydroxylation is 1. The Morgan fingerprint density at radius 1 is 0.800 bits per heavy atom. The summed E-state index contributed by atoms with van der Waals surface area (Å²) in [5.74, 6) is 0.986. The number of aliphatic hydroxyl groups is 1. The summed E-state index contributed by atoms with van der Waals surface area (Å²) in [6.07, 6.45) is 16.5. The SMILES string of the molecule is CCCCCCCNC(=O)CCC=O.CN1Cc2ccccc2C2C(N=NN2CCCCCOCCCCCNC(=O)CC2CCN(CCO)CC2)c2ccccc21.C[P+](C)=O.Cc1ccc(O)cc1. The van der Waals surface area contributed by atoms with Crippen LogP contribution >= 0.6 is 7.80 Å². The molecule has 0 bridgehead atoms. The molecule has 6 rings (SSSR count). The zero-order chi connectivity index (χ0) is 50.8. The number of nitrogens with one attached hydrogen (secondary N) is 2. The Morgan fingerprint density at radius 2 is 1.40 bits per heavy atom. The fourth-order valence-corrected chi connectivity index (χ4v) is 8.70. The number of β-amino-alcohol motifs (C(OH)–C–C–N with tert-alkyl or cyclic N) is 1. The van der Waals surface area contributed by atoms with Gasteiger partial charge in [0.25, 0.3) is 0 Å². The first-order valence-electron chi connectivity index (χ1n) is 26.0. The minimum absolute atomic E-state index is 0.00686. The van der Waals surface area contributed by atoms with Crippen LogP contribution in [0, 0.1) is 12.8 Å². The van der Waals surface area contributed by atoms with Crippen molar-refractivity contribution in [3.05, 3.63) is 95.1 Å². The number of likely N-dealkylation sites (tertiary alicyclic amines) is 1. The number of anilines is 1. The molecule has 3 aliphatic heterocycles. The van der Waals surface area contributed by atoms with Gasteiger partial charge in [-0.15, -0.1) is 0 Å². The van der Waals surface area contributed by atoms with Gasteiger partial charge in [0.05, 0.1) is 6.61 Å². The highest BCUT2D eigenvalue weighted by Crippen LogP contribution is 2.47. The van der Waals surface area contributed by atoms with Crippen molar-refractivity contribution < 1.29 is 33.9 Å². The second-order valence-corrected chi connectivity index (χ2v) is 20.4. The van der Waals surface area contributed by atoms with Gasteiger partial charge in [-0.3, -0.25) is 14.6 Å². The van der Waals surface area contributed by atoms with Crippen LogP contribution in [0.15, 0.2) is 83.1 Å². The quantitative estimate of drug-likeness (QED) is 0.0363. The molecule has 15 heteroatoms. The standard InChI is InChI=1S/C35H52N6O3.C11H21NO2.C7H8O.C2H6OP/c1-39-27-29-12-4-5-13-30(29)35-34(31-14-6-7-15-32(31)39)37-38-41(35)19-9-3-11-25-44-24-10-2-8-18-36-33(43)26-28-16-20-40(21-17-28)22-23-42;1-2-3-4-5-6-9-12-11(14)8-7-10-13;1-6-2-4-7(8)5-3-6;1-4(2)3/h4-7,12-15,28,34-35,42H,2-3,8-11,16-27H2,1H3,(H,36,43);10H,2-9H2,1H3,(H,12,14);2-5,8H,1H3;1-2H3/q;;;+1. The maximum atomic E-state index is 12.3. The molecular formula is C55H87N7O7P+. The third kappa shape index (κ3) is 24.4. The highest BCUT2D eigenvalue weighted by atomic mass is 31.1. The highest BCUT2D eigenvalue weighted by molar-refractivity contribution is 7.42. The van der Waals surface area contributed by atoms with Crippen LogP contribution in [-0.4, -0.2) is 118 Å². The molecule has 388 valence electrons. The van der Waals surface area contributed by atoms with Crippen LogP contribution < -0.4 is 15.5 Å². The Hall–Kier alpha value is -4.75. The van der Waals surface area contributed by atoms with E-state index in [4.69, 9.17) is 25.3 Å². The predicted molar refractivity (Wildman–Crippen MR) is 284 cm³/mol. The van der Waals surface area contributed by atoms with Gasteiger partial charge in [-0.05, 0) is 113 Å². The number of amides is 2. The van der Waals surface area contributed by atoms with E-state index in [1.165, 1.54) is 53.6 Å². The van der Waals surface area contributed by atoms with Crippen molar-refractivity contribution in [2.45, 2.75) is 135 Å². The topological polar surface area (TPSA) is 176 Å². The Bertz CT molecular complexity index is 1920. The van der Waals surface area contributed by atoms with Crippen molar-refractivity contribution in [3.8, 4) is 5.75 Å². The molecule has 2 atom stereocenters. The monoisotopic (exact) mass is 989 g/mol. The van der Waals surface area contributed by atoms with Gasteiger partial charge in [-0.1, -0.05) is 103 Å². The lowest BCUT2D eigenvalue weighted by atomic mass is 9.87. The molecule has 0 saturated carbocycles. The summed E-state index contributed by atoms with van der Waals surface area (Å²) in [5, 5.41) is 35.4. The zero-order valence-electron chi connectivity index (χ0n) is 43.2. The van der Waals surface area contributed by atoms with Gasteiger partial charge < -0.3 is 40.2 Å². The van der Waals surface area contributed by atoms with Gasteiger partial charge >= 0.3 is 7.80 Å². The molecule has 0 radical (unpaired) electrons. The van der Waals surface area contributed by atoms with Crippen molar-refractivity contribution in [3.63, 3.8) is 0 Å². The summed E-state index contributed by atoms with van der Waals surface area (Å²) in [5.41, 5.74) is 6.34. The summed E-state index contributed by atoms with van der Waals surface area (Å²) in [4.78, 5) is 37.9. The highest BCUT2D eigenvalue weighted by Gasteiger charge is 2.39. The molecule has 3 heterocycles. The number of rotatable bonds is 25. The summed E-state index contributed by atoms with van der Waals surface area (Å²) in [7, 11) is 1.29. The van der Waals surface area contributed by atoms with E-state index in [-0.39, 0.29) is 30.5 Å². The lowest BCUT2D eigenvalue weighted by molar-refractivity contribution is -0.123. The first-order valence-corrected chi connectivity index (χ1v) is 28.2. The van der Waals surface area contributed by atoms with E-state index in [1.807, 2.05) is 19.1 Å². The molecule has 2 amide bonds. The Morgan fingerprint density at radius 3 is 2.04 bits per heavy atom. The number of aromatic hydroxyl groups is 1. The molecular weight excluding hydrogens is 902 g/mol. The zero-order valence-corrected chi connectivity index (χ0v) is 44.1. The van der Waals surface area contributed by atoms with E-state index < -0.39 is 7.80 Å². The van der Waals surface area contributed by atoms with Crippen molar-refractivity contribution in [2.75, 3.05) is 84.4 Å². The summed E-state index contributed by atoms with van der Waals surface area (Å²) < 4.78 is 15.5. The third-order valence-corrected chi connectivity index (χ3v) is 12.5. The van der Waals surface area contributed by atoms with Crippen LogP contribution in [0.1, 0.15) is 144 Å². The largest absolute Gasteiger partial charge is 0.508 e. The Kier molecular flexibility index (Phi) is 30.8. The van der Waals surface area contributed by atoms with Gasteiger partial charge in [0.1, 0.15) is 37.4 Å². The van der Waals surface area contributed by atoms with Crippen LogP contribution in [0.3, 0.4) is 0 Å². The summed E-state index contributed by atoms with van der Waals surface area (Å²) in [6.45, 7) is 15.3. The van der Waals surface area contributed by atoms with Crippen molar-refractivity contribution in [1.29, 1.82) is 0 Å². The third-order valence-electron chi connectivity index (χ3n) is 12.5. The molecule has 3 aromatic carbocycles. The fraction of sp³-hybridized carbons (Fsp3) is 0.618. The first-order chi connectivity index (χ1) is 34.0. The molecule has 14 nitrogen and oxygen atoms in total. The van der Waals surface area contributed by atoms with Crippen molar-refractivity contribution >= 4 is 31.6 Å². The van der Waals surface area contributed by atoms with E-state index in [9.17, 15) is 18.9 Å². The number of ether oxygens (including phenoxy) is 1. The normalized spacial score (nSPS) is 16.0. The number of carbonyl (C=O) groups is 3. The Balaban J connectivity index is 0.000000406. The smallest absolute Gasteiger partial charge is 0.332 e. The van der Waals surface area contributed by atoms with Crippen LogP contribution in [0.4, 0.5) is 5.69 Å². The molecule has 70 heavy (non-hydrogen) atoms. The number of phenolic OH excluding ortho intramolecular Hbond substituents is 1. The van der Waals surface area contributed by atoms with Gasteiger partial charge in [-0.2, -0.15) is 5.11 Å². The molecule has 3 aliphatic rings. The number of aliphatic hydroxyl groups excluding tert-OH is 1. The number of hydrogen-bond acceptors (Lipinski definition) is 12. The molecule has 1 fully saturated rings. The maximum Gasteiger partial charge on any atom is 0.332 e. The van der Waals surface area contributed by atoms with E-state index in [2.05, 4.69) is 87.9 Å². The van der Waals surface area contributed by atoms with E-state index in [0.717, 1.165) is 123 Å². The number of nitrogens with zero attached hydrogens (tertiary/aromatic N) is 5. The average molecular weight is 989 g/mol. The molecule has 2 unspecified atom stereocenters. The second-order valence-electron chi connectivity index (χ2n) is 18.8. The fourth-order valence-electron chi connectivity index (χ4n) is 8.70. The number of carbonyl (C=O) groups excluding carboxylic acids is 3. The molecule has 0 spiro atoms. The number of hydrogen-bond donors (Lipinski definition) is 4. The van der Waals surface area contributed by atoms with E-state index >= 15 is 0 Å². The molecule has 1 saturated heterocycles.